The third-order valence-corrected chi connectivity index (χ3v) is 6.39. The monoisotopic (exact) mass is 467 g/mol. The molecule has 1 N–H and O–H groups in total. The summed E-state index contributed by atoms with van der Waals surface area (Å²) in [5, 5.41) is 11.1. The number of methoxy groups -OCH3 is 1. The van der Waals surface area contributed by atoms with Crippen LogP contribution in [0.4, 0.5) is 9.52 Å². The SMILES string of the molecule is COC(=O)c1sc(N2C(=O)C(=O)C(=C(O)c3ccc(C)c(F)c3)C2c2cccnc2)nc1C. The van der Waals surface area contributed by atoms with Crippen LogP contribution in [0, 0.1) is 19.7 Å². The number of ether oxygens (including phenoxy) is 1. The topological polar surface area (TPSA) is 110 Å². The minimum atomic E-state index is -1.08. The highest BCUT2D eigenvalue weighted by Crippen LogP contribution is 2.43. The van der Waals surface area contributed by atoms with E-state index < -0.39 is 35.3 Å². The normalized spacial score (nSPS) is 17.5. The number of carbonyl (C=O) groups is 3. The third-order valence-electron chi connectivity index (χ3n) is 5.25. The van der Waals surface area contributed by atoms with Crippen LogP contribution in [0.1, 0.15) is 38.1 Å². The van der Waals surface area contributed by atoms with Crippen molar-refractivity contribution >= 4 is 39.9 Å². The van der Waals surface area contributed by atoms with E-state index in [1.807, 2.05) is 0 Å². The van der Waals surface area contributed by atoms with E-state index >= 15 is 0 Å². The maximum Gasteiger partial charge on any atom is 0.350 e. The number of aliphatic hydroxyl groups is 1. The van der Waals surface area contributed by atoms with Crippen LogP contribution in [-0.4, -0.2) is 39.8 Å². The Hall–Kier alpha value is -3.92. The van der Waals surface area contributed by atoms with E-state index in [4.69, 9.17) is 4.74 Å². The van der Waals surface area contributed by atoms with E-state index in [-0.39, 0.29) is 21.1 Å². The predicted molar refractivity (Wildman–Crippen MR) is 118 cm³/mol. The Balaban J connectivity index is 1.93. The second kappa shape index (κ2) is 8.55. The average Bonchev–Trinajstić information content (AvgIpc) is 3.32. The number of Topliss-reactive ketones (excluding diaryl/α,β-unsaturated/α-hetero) is 1. The van der Waals surface area contributed by atoms with Gasteiger partial charge < -0.3 is 9.84 Å². The summed E-state index contributed by atoms with van der Waals surface area (Å²) in [6.07, 6.45) is 2.97. The van der Waals surface area contributed by atoms with Crippen molar-refractivity contribution in [3.05, 3.63) is 81.4 Å². The Bertz CT molecular complexity index is 1320. The lowest BCUT2D eigenvalue weighted by molar-refractivity contribution is -0.132. The molecule has 1 saturated heterocycles. The second-order valence-electron chi connectivity index (χ2n) is 7.32. The molecule has 0 spiro atoms. The first-order chi connectivity index (χ1) is 15.7. The van der Waals surface area contributed by atoms with Crippen LogP contribution in [0.2, 0.25) is 0 Å². The largest absolute Gasteiger partial charge is 0.507 e. The van der Waals surface area contributed by atoms with Gasteiger partial charge in [0.05, 0.1) is 24.4 Å². The summed E-state index contributed by atoms with van der Waals surface area (Å²) < 4.78 is 18.9. The lowest BCUT2D eigenvalue weighted by atomic mass is 9.96. The number of amides is 1. The zero-order chi connectivity index (χ0) is 23.9. The maximum atomic E-state index is 14.2. The first-order valence-electron chi connectivity index (χ1n) is 9.77. The number of ketones is 1. The zero-order valence-corrected chi connectivity index (χ0v) is 18.6. The number of anilines is 1. The maximum absolute atomic E-state index is 14.2. The van der Waals surface area contributed by atoms with Crippen LogP contribution < -0.4 is 4.90 Å². The molecule has 1 aromatic carbocycles. The summed E-state index contributed by atoms with van der Waals surface area (Å²) in [6, 6.07) is 6.20. The van der Waals surface area contributed by atoms with Gasteiger partial charge in [0.2, 0.25) is 0 Å². The molecule has 1 fully saturated rings. The Morgan fingerprint density at radius 1 is 1.24 bits per heavy atom. The van der Waals surface area contributed by atoms with Crippen molar-refractivity contribution in [3.8, 4) is 0 Å². The van der Waals surface area contributed by atoms with E-state index in [2.05, 4.69) is 9.97 Å². The number of aromatic nitrogens is 2. The fourth-order valence-corrected chi connectivity index (χ4v) is 4.56. The average molecular weight is 467 g/mol. The molecule has 3 heterocycles. The van der Waals surface area contributed by atoms with Crippen LogP contribution in [0.25, 0.3) is 5.76 Å². The number of carbonyl (C=O) groups excluding carboxylic acids is 3. The minimum absolute atomic E-state index is 0.0514. The van der Waals surface area contributed by atoms with Crippen molar-refractivity contribution in [1.29, 1.82) is 0 Å². The van der Waals surface area contributed by atoms with Gasteiger partial charge in [-0.2, -0.15) is 0 Å². The summed E-state index contributed by atoms with van der Waals surface area (Å²) in [5.41, 5.74) is 0.941. The van der Waals surface area contributed by atoms with E-state index in [1.165, 1.54) is 31.6 Å². The van der Waals surface area contributed by atoms with Crippen molar-refractivity contribution in [2.24, 2.45) is 0 Å². The fraction of sp³-hybridized carbons (Fsp3) is 0.174. The molecular formula is C23H18FN3O5S. The van der Waals surface area contributed by atoms with Gasteiger partial charge in [-0.15, -0.1) is 0 Å². The third kappa shape index (κ3) is 3.78. The molecule has 4 rings (SSSR count). The number of thiazole rings is 1. The Morgan fingerprint density at radius 2 is 2.00 bits per heavy atom. The molecule has 0 radical (unpaired) electrons. The number of benzene rings is 1. The molecule has 1 aliphatic rings. The number of aryl methyl sites for hydroxylation is 2. The van der Waals surface area contributed by atoms with Crippen molar-refractivity contribution in [2.45, 2.75) is 19.9 Å². The van der Waals surface area contributed by atoms with Gasteiger partial charge in [0, 0.05) is 18.0 Å². The minimum Gasteiger partial charge on any atom is -0.507 e. The molecule has 0 aliphatic carbocycles. The van der Waals surface area contributed by atoms with Gasteiger partial charge in [-0.25, -0.2) is 14.2 Å². The van der Waals surface area contributed by atoms with Gasteiger partial charge in [-0.1, -0.05) is 29.5 Å². The van der Waals surface area contributed by atoms with Crippen LogP contribution in [-0.2, 0) is 14.3 Å². The summed E-state index contributed by atoms with van der Waals surface area (Å²) in [4.78, 5) is 47.9. The van der Waals surface area contributed by atoms with Gasteiger partial charge in [0.25, 0.3) is 5.78 Å². The number of hydrogen-bond donors (Lipinski definition) is 1. The van der Waals surface area contributed by atoms with Gasteiger partial charge in [-0.3, -0.25) is 19.5 Å². The molecule has 0 saturated carbocycles. The molecular weight excluding hydrogens is 449 g/mol. The highest BCUT2D eigenvalue weighted by Gasteiger charge is 2.48. The highest BCUT2D eigenvalue weighted by atomic mass is 32.1. The molecule has 1 unspecified atom stereocenters. The highest BCUT2D eigenvalue weighted by molar-refractivity contribution is 7.17. The van der Waals surface area contributed by atoms with Gasteiger partial charge >= 0.3 is 11.9 Å². The summed E-state index contributed by atoms with van der Waals surface area (Å²) in [6.45, 7) is 3.15. The molecule has 3 aromatic rings. The number of halogens is 1. The number of esters is 1. The second-order valence-corrected chi connectivity index (χ2v) is 8.30. The van der Waals surface area contributed by atoms with Crippen LogP contribution in [0.3, 0.4) is 0 Å². The molecule has 33 heavy (non-hydrogen) atoms. The smallest absolute Gasteiger partial charge is 0.350 e. The molecule has 10 heteroatoms. The Kier molecular flexibility index (Phi) is 5.77. The Morgan fingerprint density at radius 3 is 2.64 bits per heavy atom. The molecule has 0 bridgehead atoms. The van der Waals surface area contributed by atoms with Crippen LogP contribution in [0.5, 0.6) is 0 Å². The predicted octanol–water partition coefficient (Wildman–Crippen LogP) is 3.71. The van der Waals surface area contributed by atoms with Crippen molar-refractivity contribution < 1.29 is 28.6 Å². The van der Waals surface area contributed by atoms with Gasteiger partial charge in [0.15, 0.2) is 5.13 Å². The molecule has 1 atom stereocenters. The molecule has 1 aliphatic heterocycles. The lowest BCUT2D eigenvalue weighted by Gasteiger charge is -2.22. The van der Waals surface area contributed by atoms with Crippen molar-refractivity contribution in [2.75, 3.05) is 12.0 Å². The number of pyridine rings is 1. The van der Waals surface area contributed by atoms with Crippen LogP contribution in [0.15, 0.2) is 48.3 Å². The summed E-state index contributed by atoms with van der Waals surface area (Å²) >= 11 is 0.890. The number of nitrogens with zero attached hydrogens (tertiary/aromatic N) is 3. The first kappa shape index (κ1) is 22.3. The van der Waals surface area contributed by atoms with Gasteiger partial charge in [0.1, 0.15) is 16.5 Å². The number of hydrogen-bond acceptors (Lipinski definition) is 8. The number of rotatable bonds is 4. The quantitative estimate of drug-likeness (QED) is 0.270. The summed E-state index contributed by atoms with van der Waals surface area (Å²) in [5.74, 6) is -3.62. The van der Waals surface area contributed by atoms with E-state index in [0.29, 0.717) is 16.8 Å². The van der Waals surface area contributed by atoms with E-state index in [0.717, 1.165) is 22.3 Å². The van der Waals surface area contributed by atoms with Crippen molar-refractivity contribution in [1.82, 2.24) is 9.97 Å². The van der Waals surface area contributed by atoms with E-state index in [1.54, 1.807) is 26.0 Å². The molecule has 8 nitrogen and oxygen atoms in total. The first-order valence-corrected chi connectivity index (χ1v) is 10.6. The van der Waals surface area contributed by atoms with Crippen LogP contribution >= 0.6 is 11.3 Å². The summed E-state index contributed by atoms with van der Waals surface area (Å²) in [7, 11) is 1.23. The van der Waals surface area contributed by atoms with E-state index in [9.17, 15) is 23.9 Å². The molecule has 2 aromatic heterocycles. The number of aliphatic hydroxyl groups excluding tert-OH is 1. The zero-order valence-electron chi connectivity index (χ0n) is 17.8. The molecule has 168 valence electrons. The lowest BCUT2D eigenvalue weighted by Crippen LogP contribution is -2.29. The standard InChI is InChI=1S/C23H18FN3O5S/c1-11-6-7-13(9-15(11)24)18(28)16-17(14-5-4-8-25-10-14)27(21(30)19(16)29)23-26-12(2)20(33-23)22(31)32-3/h4-10,17,28H,1-3H3. The Labute approximate surface area is 192 Å². The van der Waals surface area contributed by atoms with Crippen molar-refractivity contribution in [3.63, 3.8) is 0 Å². The van der Waals surface area contributed by atoms with Gasteiger partial charge in [-0.05, 0) is 37.1 Å². The molecule has 1 amide bonds. The fourth-order valence-electron chi connectivity index (χ4n) is 3.55.